The van der Waals surface area contributed by atoms with Crippen LogP contribution in [-0.4, -0.2) is 51.8 Å². The third-order valence-corrected chi connectivity index (χ3v) is 4.33. The van der Waals surface area contributed by atoms with Crippen LogP contribution in [0.15, 0.2) is 17.2 Å². The molecule has 0 amide bonds. The smallest absolute Gasteiger partial charge is 0.341 e. The number of rotatable bonds is 3. The zero-order valence-electron chi connectivity index (χ0n) is 12.5. The molecule has 2 fully saturated rings. The van der Waals surface area contributed by atoms with Crippen LogP contribution in [0.1, 0.15) is 29.2 Å². The molecule has 3 heterocycles. The summed E-state index contributed by atoms with van der Waals surface area (Å²) in [5.74, 6) is -0.617. The molecule has 1 saturated heterocycles. The van der Waals surface area contributed by atoms with Gasteiger partial charge in [0.25, 0.3) is 0 Å². The first kappa shape index (κ1) is 14.1. The van der Waals surface area contributed by atoms with E-state index < -0.39 is 11.4 Å². The Kier molecular flexibility index (Phi) is 3.26. The van der Waals surface area contributed by atoms with Gasteiger partial charge in [0.05, 0.1) is 5.39 Å². The first-order valence-corrected chi connectivity index (χ1v) is 7.76. The van der Waals surface area contributed by atoms with Crippen molar-refractivity contribution < 1.29 is 9.90 Å². The van der Waals surface area contributed by atoms with E-state index in [0.29, 0.717) is 11.6 Å². The Balaban J connectivity index is 1.89. The number of carboxylic acid groups (broad SMARTS) is 1. The number of carbonyl (C=O) groups is 1. The summed E-state index contributed by atoms with van der Waals surface area (Å²) in [5.41, 5.74) is -0.204. The number of anilines is 1. The topological polar surface area (TPSA) is 100 Å². The number of hydrogen-bond donors (Lipinski definition) is 2. The van der Waals surface area contributed by atoms with Crippen molar-refractivity contribution >= 4 is 23.0 Å². The molecule has 2 aromatic rings. The van der Waals surface area contributed by atoms with Gasteiger partial charge in [-0.25, -0.2) is 9.78 Å². The molecule has 1 saturated carbocycles. The summed E-state index contributed by atoms with van der Waals surface area (Å²) in [7, 11) is 0. The predicted molar refractivity (Wildman–Crippen MR) is 84.1 cm³/mol. The standard InChI is InChI=1S/C15H17N5O3/c21-12-10-7-17-15(19-5-3-16-4-6-19)18-13(10)20(9-1-2-9)8-11(12)14(22)23/h7-9,16H,1-6H2,(H,22,23). The minimum absolute atomic E-state index is 0.220. The van der Waals surface area contributed by atoms with Crippen LogP contribution in [0.2, 0.25) is 0 Å². The average Bonchev–Trinajstić information content (AvgIpc) is 3.40. The largest absolute Gasteiger partial charge is 0.477 e. The normalized spacial score (nSPS) is 18.3. The second kappa shape index (κ2) is 5.31. The van der Waals surface area contributed by atoms with Crippen molar-refractivity contribution in [3.05, 3.63) is 28.2 Å². The molecule has 2 N–H and O–H groups in total. The van der Waals surface area contributed by atoms with Crippen LogP contribution in [0.25, 0.3) is 11.0 Å². The molecular formula is C15H17N5O3. The van der Waals surface area contributed by atoms with Gasteiger partial charge < -0.3 is 19.9 Å². The van der Waals surface area contributed by atoms with E-state index in [4.69, 9.17) is 0 Å². The van der Waals surface area contributed by atoms with Gasteiger partial charge in [-0.3, -0.25) is 4.79 Å². The Bertz CT molecular complexity index is 837. The molecule has 0 atom stereocenters. The quantitative estimate of drug-likeness (QED) is 0.836. The number of hydrogen-bond acceptors (Lipinski definition) is 6. The number of aromatic carboxylic acids is 1. The number of fused-ring (bicyclic) bond motifs is 1. The zero-order chi connectivity index (χ0) is 16.0. The van der Waals surface area contributed by atoms with Crippen LogP contribution < -0.4 is 15.6 Å². The van der Waals surface area contributed by atoms with Crippen LogP contribution in [0.4, 0.5) is 5.95 Å². The van der Waals surface area contributed by atoms with Gasteiger partial charge in [0, 0.05) is 44.6 Å². The van der Waals surface area contributed by atoms with E-state index in [1.165, 1.54) is 12.4 Å². The lowest BCUT2D eigenvalue weighted by Crippen LogP contribution is -2.44. The molecule has 2 aliphatic rings. The Hall–Kier alpha value is -2.48. The highest BCUT2D eigenvalue weighted by atomic mass is 16.4. The van der Waals surface area contributed by atoms with Crippen molar-refractivity contribution in [3.63, 3.8) is 0 Å². The maximum absolute atomic E-state index is 12.4. The number of aromatic nitrogens is 3. The average molecular weight is 315 g/mol. The predicted octanol–water partition coefficient (Wildman–Crippen LogP) is 0.234. The summed E-state index contributed by atoms with van der Waals surface area (Å²) in [6.07, 6.45) is 4.85. The molecule has 0 radical (unpaired) electrons. The molecule has 4 rings (SSSR count). The molecule has 1 aliphatic heterocycles. The van der Waals surface area contributed by atoms with Gasteiger partial charge in [-0.15, -0.1) is 0 Å². The molecule has 23 heavy (non-hydrogen) atoms. The lowest BCUT2D eigenvalue weighted by molar-refractivity contribution is 0.0695. The van der Waals surface area contributed by atoms with Crippen molar-refractivity contribution in [2.24, 2.45) is 0 Å². The highest BCUT2D eigenvalue weighted by Crippen LogP contribution is 2.36. The second-order valence-electron chi connectivity index (χ2n) is 5.96. The lowest BCUT2D eigenvalue weighted by Gasteiger charge is -2.27. The summed E-state index contributed by atoms with van der Waals surface area (Å²) in [4.78, 5) is 34.6. The summed E-state index contributed by atoms with van der Waals surface area (Å²) in [5, 5.41) is 12.8. The third-order valence-electron chi connectivity index (χ3n) is 4.33. The van der Waals surface area contributed by atoms with Gasteiger partial charge >= 0.3 is 5.97 Å². The van der Waals surface area contributed by atoms with Gasteiger partial charge in [0.1, 0.15) is 11.2 Å². The van der Waals surface area contributed by atoms with Crippen LogP contribution in [0.5, 0.6) is 0 Å². The van der Waals surface area contributed by atoms with E-state index >= 15 is 0 Å². The summed E-state index contributed by atoms with van der Waals surface area (Å²) in [6, 6.07) is 0.224. The Morgan fingerprint density at radius 2 is 2.04 bits per heavy atom. The van der Waals surface area contributed by atoms with E-state index in [2.05, 4.69) is 20.2 Å². The van der Waals surface area contributed by atoms with Crippen molar-refractivity contribution in [2.75, 3.05) is 31.1 Å². The minimum atomic E-state index is -1.21. The van der Waals surface area contributed by atoms with E-state index in [9.17, 15) is 14.7 Å². The van der Waals surface area contributed by atoms with Crippen LogP contribution in [-0.2, 0) is 0 Å². The maximum atomic E-state index is 12.4. The number of pyridine rings is 1. The zero-order valence-corrected chi connectivity index (χ0v) is 12.5. The van der Waals surface area contributed by atoms with Crippen LogP contribution in [0.3, 0.4) is 0 Å². The molecule has 2 aromatic heterocycles. The molecule has 8 nitrogen and oxygen atoms in total. The highest BCUT2D eigenvalue weighted by Gasteiger charge is 2.28. The number of nitrogens with zero attached hydrogens (tertiary/aromatic N) is 4. The van der Waals surface area contributed by atoms with Gasteiger partial charge in [0.15, 0.2) is 0 Å². The fourth-order valence-corrected chi connectivity index (χ4v) is 2.93. The molecule has 0 unspecified atom stereocenters. The number of nitrogens with one attached hydrogen (secondary N) is 1. The van der Waals surface area contributed by atoms with E-state index in [1.807, 2.05) is 4.57 Å². The molecule has 1 aliphatic carbocycles. The van der Waals surface area contributed by atoms with Crippen molar-refractivity contribution in [1.82, 2.24) is 19.9 Å². The molecule has 0 bridgehead atoms. The van der Waals surface area contributed by atoms with Gasteiger partial charge in [-0.05, 0) is 12.8 Å². The van der Waals surface area contributed by atoms with Crippen LogP contribution >= 0.6 is 0 Å². The number of piperazine rings is 1. The van der Waals surface area contributed by atoms with Crippen molar-refractivity contribution in [2.45, 2.75) is 18.9 Å². The van der Waals surface area contributed by atoms with Gasteiger partial charge in [-0.1, -0.05) is 0 Å². The fourth-order valence-electron chi connectivity index (χ4n) is 2.93. The SMILES string of the molecule is O=C(O)c1cn(C2CC2)c2nc(N3CCNCC3)ncc2c1=O. The lowest BCUT2D eigenvalue weighted by atomic mass is 10.2. The molecule has 0 spiro atoms. The molecule has 0 aromatic carbocycles. The first-order valence-electron chi connectivity index (χ1n) is 7.76. The Labute approximate surface area is 131 Å². The van der Waals surface area contributed by atoms with Crippen molar-refractivity contribution in [1.29, 1.82) is 0 Å². The van der Waals surface area contributed by atoms with E-state index in [0.717, 1.165) is 39.0 Å². The van der Waals surface area contributed by atoms with Crippen molar-refractivity contribution in [3.8, 4) is 0 Å². The third kappa shape index (κ3) is 2.44. The Morgan fingerprint density at radius 3 is 2.70 bits per heavy atom. The van der Waals surface area contributed by atoms with E-state index in [1.54, 1.807) is 0 Å². The summed E-state index contributed by atoms with van der Waals surface area (Å²) >= 11 is 0. The fraction of sp³-hybridized carbons (Fsp3) is 0.467. The Morgan fingerprint density at radius 1 is 1.30 bits per heavy atom. The maximum Gasteiger partial charge on any atom is 0.341 e. The first-order chi connectivity index (χ1) is 11.1. The van der Waals surface area contributed by atoms with Crippen LogP contribution in [0, 0.1) is 0 Å². The highest BCUT2D eigenvalue weighted by molar-refractivity contribution is 5.91. The number of carboxylic acids is 1. The molecular weight excluding hydrogens is 298 g/mol. The summed E-state index contributed by atoms with van der Waals surface area (Å²) in [6.45, 7) is 3.36. The minimum Gasteiger partial charge on any atom is -0.477 e. The second-order valence-corrected chi connectivity index (χ2v) is 5.96. The summed E-state index contributed by atoms with van der Waals surface area (Å²) < 4.78 is 1.83. The van der Waals surface area contributed by atoms with Gasteiger partial charge in [0.2, 0.25) is 11.4 Å². The van der Waals surface area contributed by atoms with Gasteiger partial charge in [-0.2, -0.15) is 4.98 Å². The monoisotopic (exact) mass is 315 g/mol. The molecule has 120 valence electrons. The molecule has 8 heteroatoms. The van der Waals surface area contributed by atoms with E-state index in [-0.39, 0.29) is 17.0 Å².